The monoisotopic (exact) mass is 374 g/mol. The van der Waals surface area contributed by atoms with E-state index in [0.29, 0.717) is 6.61 Å². The van der Waals surface area contributed by atoms with E-state index in [9.17, 15) is 0 Å². The highest BCUT2D eigenvalue weighted by Gasteiger charge is 2.35. The highest BCUT2D eigenvalue weighted by Crippen LogP contribution is 2.43. The quantitative estimate of drug-likeness (QED) is 0.577. The molecule has 0 fully saturated rings. The van der Waals surface area contributed by atoms with Crippen molar-refractivity contribution in [3.63, 3.8) is 0 Å². The number of aromatic amines is 1. The van der Waals surface area contributed by atoms with Crippen molar-refractivity contribution in [3.05, 3.63) is 66.1 Å². The largest absolute Gasteiger partial charge is 0.396 e. The molecule has 0 saturated carbocycles. The van der Waals surface area contributed by atoms with Crippen LogP contribution in [0.1, 0.15) is 38.4 Å². The summed E-state index contributed by atoms with van der Waals surface area (Å²) in [5.41, 5.74) is 7.66. The molecule has 0 unspecified atom stereocenters. The summed E-state index contributed by atoms with van der Waals surface area (Å²) in [5, 5.41) is 8.12. The Morgan fingerprint density at radius 3 is 2.57 bits per heavy atom. The first kappa shape index (κ1) is 18.3. The molecule has 0 spiro atoms. The molecule has 2 heterocycles. The van der Waals surface area contributed by atoms with Crippen molar-refractivity contribution in [2.45, 2.75) is 33.6 Å². The zero-order valence-electron chi connectivity index (χ0n) is 16.6. The van der Waals surface area contributed by atoms with Gasteiger partial charge in [-0.15, -0.1) is 0 Å². The van der Waals surface area contributed by atoms with E-state index >= 15 is 0 Å². The van der Waals surface area contributed by atoms with E-state index in [1.807, 2.05) is 49.6 Å². The van der Waals surface area contributed by atoms with Crippen molar-refractivity contribution in [1.29, 1.82) is 0 Å². The number of H-pyrrole nitrogens is 1. The van der Waals surface area contributed by atoms with Gasteiger partial charge in [0.1, 0.15) is 6.61 Å². The van der Waals surface area contributed by atoms with Crippen molar-refractivity contribution >= 4 is 17.1 Å². The minimum absolute atomic E-state index is 0.118. The van der Waals surface area contributed by atoms with Crippen LogP contribution in [0, 0.1) is 5.41 Å². The topological polar surface area (TPSA) is 62.3 Å². The van der Waals surface area contributed by atoms with Gasteiger partial charge in [0, 0.05) is 34.9 Å². The Labute approximate surface area is 165 Å². The lowest BCUT2D eigenvalue weighted by molar-refractivity contribution is 0.156. The van der Waals surface area contributed by atoms with Crippen LogP contribution in [0.2, 0.25) is 0 Å². The lowest BCUT2D eigenvalue weighted by atomic mass is 9.75. The third-order valence-corrected chi connectivity index (χ3v) is 4.98. The Morgan fingerprint density at radius 2 is 1.86 bits per heavy atom. The molecule has 144 valence electrons. The van der Waals surface area contributed by atoms with Crippen LogP contribution in [-0.2, 0) is 11.3 Å². The number of oxime groups is 1. The van der Waals surface area contributed by atoms with Crippen LogP contribution in [0.15, 0.2) is 60.0 Å². The summed E-state index contributed by atoms with van der Waals surface area (Å²) in [7, 11) is 0. The highest BCUT2D eigenvalue weighted by molar-refractivity contribution is 6.10. The number of para-hydroxylation sites is 1. The summed E-state index contributed by atoms with van der Waals surface area (Å²) < 4.78 is 0. The standard InChI is InChI=1S/C23H26N4O/c1-4-28-27-19-15-23(2,3)14-18-20(19)22(25-17-8-6-5-7-9-17)21(26-18)16-10-12-24-13-11-16/h5-13,25-26H,4,14-15H2,1-3H3/b27-19+. The van der Waals surface area contributed by atoms with E-state index < -0.39 is 0 Å². The molecule has 0 bridgehead atoms. The Balaban J connectivity index is 1.90. The second-order valence-electron chi connectivity index (χ2n) is 7.93. The minimum Gasteiger partial charge on any atom is -0.396 e. The van der Waals surface area contributed by atoms with Gasteiger partial charge in [-0.1, -0.05) is 37.2 Å². The number of pyridine rings is 1. The van der Waals surface area contributed by atoms with Crippen LogP contribution in [0.3, 0.4) is 0 Å². The number of hydrogen-bond acceptors (Lipinski definition) is 4. The highest BCUT2D eigenvalue weighted by atomic mass is 16.6. The molecule has 5 nitrogen and oxygen atoms in total. The normalized spacial score (nSPS) is 16.6. The molecule has 5 heteroatoms. The second kappa shape index (κ2) is 7.50. The van der Waals surface area contributed by atoms with Crippen LogP contribution in [0.5, 0.6) is 0 Å². The maximum Gasteiger partial charge on any atom is 0.114 e. The summed E-state index contributed by atoms with van der Waals surface area (Å²) in [5.74, 6) is 0. The van der Waals surface area contributed by atoms with Crippen LogP contribution in [0.4, 0.5) is 11.4 Å². The Kier molecular flexibility index (Phi) is 4.90. The third kappa shape index (κ3) is 3.65. The number of fused-ring (bicyclic) bond motifs is 1. The molecular formula is C23H26N4O. The zero-order valence-corrected chi connectivity index (χ0v) is 16.6. The van der Waals surface area contributed by atoms with Crippen LogP contribution < -0.4 is 5.32 Å². The van der Waals surface area contributed by atoms with Gasteiger partial charge in [0.25, 0.3) is 0 Å². The summed E-state index contributed by atoms with van der Waals surface area (Å²) in [6.45, 7) is 7.06. The fourth-order valence-corrected chi connectivity index (χ4v) is 3.83. The van der Waals surface area contributed by atoms with Gasteiger partial charge in [0.05, 0.1) is 17.1 Å². The van der Waals surface area contributed by atoms with Crippen molar-refractivity contribution in [1.82, 2.24) is 9.97 Å². The lowest BCUT2D eigenvalue weighted by Crippen LogP contribution is -2.27. The molecule has 3 aromatic rings. The van der Waals surface area contributed by atoms with Gasteiger partial charge in [-0.2, -0.15) is 0 Å². The van der Waals surface area contributed by atoms with Crippen molar-refractivity contribution in [2.24, 2.45) is 10.6 Å². The second-order valence-corrected chi connectivity index (χ2v) is 7.93. The van der Waals surface area contributed by atoms with Crippen molar-refractivity contribution < 1.29 is 4.84 Å². The molecule has 1 aliphatic rings. The predicted octanol–water partition coefficient (Wildman–Crippen LogP) is 5.53. The van der Waals surface area contributed by atoms with Crippen LogP contribution in [0.25, 0.3) is 11.3 Å². The number of nitrogens with one attached hydrogen (secondary N) is 2. The van der Waals surface area contributed by atoms with E-state index in [4.69, 9.17) is 4.84 Å². The van der Waals surface area contributed by atoms with E-state index in [2.05, 4.69) is 46.4 Å². The molecule has 4 rings (SSSR count). The number of hydrogen-bond donors (Lipinski definition) is 2. The summed E-state index contributed by atoms with van der Waals surface area (Å²) in [6, 6.07) is 14.3. The van der Waals surface area contributed by atoms with E-state index in [1.54, 1.807) is 0 Å². The first-order valence-corrected chi connectivity index (χ1v) is 9.74. The molecule has 28 heavy (non-hydrogen) atoms. The van der Waals surface area contributed by atoms with Gasteiger partial charge in [-0.3, -0.25) is 4.98 Å². The predicted molar refractivity (Wildman–Crippen MR) is 114 cm³/mol. The Hall–Kier alpha value is -3.08. The van der Waals surface area contributed by atoms with E-state index in [-0.39, 0.29) is 5.41 Å². The summed E-state index contributed by atoms with van der Waals surface area (Å²) in [6.07, 6.45) is 5.47. The van der Waals surface area contributed by atoms with Gasteiger partial charge in [-0.05, 0) is 49.4 Å². The van der Waals surface area contributed by atoms with Gasteiger partial charge in [0.15, 0.2) is 0 Å². The summed E-state index contributed by atoms with van der Waals surface area (Å²) >= 11 is 0. The maximum atomic E-state index is 5.48. The third-order valence-electron chi connectivity index (χ3n) is 4.98. The number of aromatic nitrogens is 2. The number of rotatable bonds is 5. The molecule has 0 radical (unpaired) electrons. The summed E-state index contributed by atoms with van der Waals surface area (Å²) in [4.78, 5) is 13.3. The van der Waals surface area contributed by atoms with Crippen LogP contribution in [-0.4, -0.2) is 22.3 Å². The first-order valence-electron chi connectivity index (χ1n) is 9.74. The molecule has 0 atom stereocenters. The molecule has 0 aliphatic heterocycles. The first-order chi connectivity index (χ1) is 13.6. The Morgan fingerprint density at radius 1 is 1.11 bits per heavy atom. The molecule has 1 aliphatic carbocycles. The SMILES string of the molecule is CCO/N=C1\CC(C)(C)Cc2[nH]c(-c3ccncc3)c(Nc3ccccc3)c21. The van der Waals surface area contributed by atoms with Crippen molar-refractivity contribution in [2.75, 3.05) is 11.9 Å². The fraction of sp³-hybridized carbons (Fsp3) is 0.304. The molecular weight excluding hydrogens is 348 g/mol. The minimum atomic E-state index is 0.118. The lowest BCUT2D eigenvalue weighted by Gasteiger charge is -2.30. The van der Waals surface area contributed by atoms with Crippen LogP contribution >= 0.6 is 0 Å². The van der Waals surface area contributed by atoms with Gasteiger partial charge in [-0.25, -0.2) is 0 Å². The van der Waals surface area contributed by atoms with Gasteiger partial charge >= 0.3 is 0 Å². The molecule has 1 aromatic carbocycles. The van der Waals surface area contributed by atoms with Gasteiger partial charge in [0.2, 0.25) is 0 Å². The number of benzene rings is 1. The van der Waals surface area contributed by atoms with E-state index in [1.165, 1.54) is 5.69 Å². The average molecular weight is 374 g/mol. The Bertz CT molecular complexity index is 975. The van der Waals surface area contributed by atoms with E-state index in [0.717, 1.165) is 46.7 Å². The molecule has 0 saturated heterocycles. The van der Waals surface area contributed by atoms with Crippen molar-refractivity contribution in [3.8, 4) is 11.3 Å². The molecule has 2 aromatic heterocycles. The number of nitrogens with zero attached hydrogens (tertiary/aromatic N) is 2. The number of anilines is 2. The smallest absolute Gasteiger partial charge is 0.114 e. The maximum absolute atomic E-state index is 5.48. The zero-order chi connectivity index (χ0) is 19.6. The molecule has 0 amide bonds. The molecule has 2 N–H and O–H groups in total. The average Bonchev–Trinajstić information content (AvgIpc) is 3.04. The fourth-order valence-electron chi connectivity index (χ4n) is 3.83. The van der Waals surface area contributed by atoms with Gasteiger partial charge < -0.3 is 15.1 Å².